The van der Waals surface area contributed by atoms with Gasteiger partial charge >= 0.3 is 0 Å². The van der Waals surface area contributed by atoms with Crippen LogP contribution in [0.2, 0.25) is 0 Å². The van der Waals surface area contributed by atoms with Crippen molar-refractivity contribution in [3.05, 3.63) is 36.1 Å². The van der Waals surface area contributed by atoms with E-state index in [1.165, 1.54) is 24.8 Å². The van der Waals surface area contributed by atoms with Gasteiger partial charge in [0, 0.05) is 17.8 Å². The summed E-state index contributed by atoms with van der Waals surface area (Å²) in [6.07, 6.45) is 12.7. The highest BCUT2D eigenvalue weighted by atomic mass is 16.5. The third-order valence-electron chi connectivity index (χ3n) is 7.00. The van der Waals surface area contributed by atoms with Gasteiger partial charge in [-0.15, -0.1) is 0 Å². The predicted octanol–water partition coefficient (Wildman–Crippen LogP) is 4.58. The molecule has 4 rings (SSSR count). The fourth-order valence-corrected chi connectivity index (χ4v) is 5.83. The Morgan fingerprint density at radius 2 is 2.00 bits per heavy atom. The molecule has 2 heteroatoms. The highest BCUT2D eigenvalue weighted by molar-refractivity contribution is 6.01. The van der Waals surface area contributed by atoms with E-state index in [9.17, 15) is 4.79 Å². The molecule has 0 N–H and O–H groups in total. The Balaban J connectivity index is 1.68. The predicted molar refractivity (Wildman–Crippen MR) is 87.1 cm³/mol. The molecular weight excluding hydrogens is 272 g/mol. The molecule has 1 heterocycles. The lowest BCUT2D eigenvalue weighted by atomic mass is 9.49. The molecule has 3 aliphatic carbocycles. The van der Waals surface area contributed by atoms with Crippen molar-refractivity contribution >= 4 is 5.78 Å². The van der Waals surface area contributed by atoms with Crippen molar-refractivity contribution in [2.45, 2.75) is 58.0 Å². The second-order valence-corrected chi connectivity index (χ2v) is 8.13. The first kappa shape index (κ1) is 14.3. The molecule has 2 nitrogen and oxygen atoms in total. The summed E-state index contributed by atoms with van der Waals surface area (Å²) in [5.74, 6) is 3.16. The van der Waals surface area contributed by atoms with Crippen LogP contribution in [0.15, 0.2) is 36.1 Å². The second kappa shape index (κ2) is 4.59. The van der Waals surface area contributed by atoms with Crippen LogP contribution in [0.25, 0.3) is 0 Å². The monoisotopic (exact) mass is 298 g/mol. The first-order chi connectivity index (χ1) is 10.4. The van der Waals surface area contributed by atoms with Gasteiger partial charge in [-0.2, -0.15) is 0 Å². The number of carbonyl (C=O) groups is 1. The van der Waals surface area contributed by atoms with E-state index in [1.807, 2.05) is 6.08 Å². The molecule has 0 unspecified atom stereocenters. The number of allylic oxidation sites excluding steroid dienone is 5. The maximum absolute atomic E-state index is 11.7. The summed E-state index contributed by atoms with van der Waals surface area (Å²) >= 11 is 0. The topological polar surface area (TPSA) is 26.3 Å². The van der Waals surface area contributed by atoms with Crippen LogP contribution in [0.1, 0.15) is 52.4 Å². The lowest BCUT2D eigenvalue weighted by Crippen LogP contribution is -2.55. The molecule has 0 bridgehead atoms. The SMILES string of the molecule is C=C1CC[C@H]2[C@@H]3CCC4=CC(=O)C=C[C@]4(C)[C@H]3CC[C@]2(C)O1. The molecular formula is C20H26O2. The Bertz CT molecular complexity index is 599. The Morgan fingerprint density at radius 3 is 2.82 bits per heavy atom. The maximum atomic E-state index is 11.7. The lowest BCUT2D eigenvalue weighted by Gasteiger charge is -2.58. The van der Waals surface area contributed by atoms with Gasteiger partial charge in [0.1, 0.15) is 5.60 Å². The number of carbonyl (C=O) groups excluding carboxylic acids is 1. The van der Waals surface area contributed by atoms with Gasteiger partial charge in [0.25, 0.3) is 0 Å². The lowest BCUT2D eigenvalue weighted by molar-refractivity contribution is -0.142. The zero-order valence-corrected chi connectivity index (χ0v) is 13.7. The van der Waals surface area contributed by atoms with Gasteiger partial charge in [0.2, 0.25) is 0 Å². The van der Waals surface area contributed by atoms with Crippen LogP contribution in [0.5, 0.6) is 0 Å². The molecule has 0 aromatic heterocycles. The van der Waals surface area contributed by atoms with Crippen molar-refractivity contribution in [1.82, 2.24) is 0 Å². The van der Waals surface area contributed by atoms with E-state index < -0.39 is 0 Å². The molecule has 3 fully saturated rings. The summed E-state index contributed by atoms with van der Waals surface area (Å²) < 4.78 is 6.23. The highest BCUT2D eigenvalue weighted by Crippen LogP contribution is 2.61. The van der Waals surface area contributed by atoms with Crippen LogP contribution >= 0.6 is 0 Å². The fourth-order valence-electron chi connectivity index (χ4n) is 5.83. The van der Waals surface area contributed by atoms with Crippen molar-refractivity contribution in [3.63, 3.8) is 0 Å². The summed E-state index contributed by atoms with van der Waals surface area (Å²) in [7, 11) is 0. The van der Waals surface area contributed by atoms with Crippen molar-refractivity contribution in [2.75, 3.05) is 0 Å². The van der Waals surface area contributed by atoms with Crippen molar-refractivity contribution in [2.24, 2.45) is 23.2 Å². The Kier molecular flexibility index (Phi) is 2.99. The first-order valence-electron chi connectivity index (χ1n) is 8.73. The van der Waals surface area contributed by atoms with Crippen LogP contribution in [-0.4, -0.2) is 11.4 Å². The molecule has 2 saturated carbocycles. The van der Waals surface area contributed by atoms with Crippen LogP contribution in [0, 0.1) is 23.2 Å². The Morgan fingerprint density at radius 1 is 1.18 bits per heavy atom. The van der Waals surface area contributed by atoms with Gasteiger partial charge < -0.3 is 4.74 Å². The summed E-state index contributed by atoms with van der Waals surface area (Å²) in [4.78, 5) is 11.7. The van der Waals surface area contributed by atoms with Gasteiger partial charge in [0.15, 0.2) is 5.78 Å². The Labute approximate surface area is 133 Å². The molecule has 1 aliphatic heterocycles. The molecule has 0 aromatic rings. The van der Waals surface area contributed by atoms with Crippen LogP contribution in [0.3, 0.4) is 0 Å². The molecule has 0 aromatic carbocycles. The van der Waals surface area contributed by atoms with E-state index >= 15 is 0 Å². The maximum Gasteiger partial charge on any atom is 0.178 e. The van der Waals surface area contributed by atoms with Crippen LogP contribution in [-0.2, 0) is 9.53 Å². The van der Waals surface area contributed by atoms with Crippen LogP contribution in [0.4, 0.5) is 0 Å². The third-order valence-corrected chi connectivity index (χ3v) is 7.00. The number of hydrogen-bond donors (Lipinski definition) is 0. The minimum Gasteiger partial charge on any atom is -0.492 e. The summed E-state index contributed by atoms with van der Waals surface area (Å²) in [6.45, 7) is 8.71. The number of ether oxygens (including phenoxy) is 1. The molecule has 0 amide bonds. The van der Waals surface area contributed by atoms with Gasteiger partial charge in [-0.1, -0.05) is 25.2 Å². The van der Waals surface area contributed by atoms with Gasteiger partial charge in [-0.25, -0.2) is 0 Å². The number of fused-ring (bicyclic) bond motifs is 5. The summed E-state index contributed by atoms with van der Waals surface area (Å²) in [5.41, 5.74) is 1.44. The summed E-state index contributed by atoms with van der Waals surface area (Å²) in [5, 5.41) is 0. The van der Waals surface area contributed by atoms with E-state index in [0.717, 1.165) is 25.0 Å². The fraction of sp³-hybridized carbons (Fsp3) is 0.650. The molecule has 1 saturated heterocycles. The van der Waals surface area contributed by atoms with Gasteiger partial charge in [-0.3, -0.25) is 4.79 Å². The second-order valence-electron chi connectivity index (χ2n) is 8.13. The third kappa shape index (κ3) is 1.89. The van der Waals surface area contributed by atoms with E-state index in [1.54, 1.807) is 6.08 Å². The number of rotatable bonds is 0. The molecule has 22 heavy (non-hydrogen) atoms. The number of hydrogen-bond acceptors (Lipinski definition) is 2. The van der Waals surface area contributed by atoms with Crippen molar-refractivity contribution in [1.29, 1.82) is 0 Å². The van der Waals surface area contributed by atoms with E-state index in [4.69, 9.17) is 4.74 Å². The zero-order valence-electron chi connectivity index (χ0n) is 13.7. The van der Waals surface area contributed by atoms with Crippen molar-refractivity contribution in [3.8, 4) is 0 Å². The van der Waals surface area contributed by atoms with Crippen molar-refractivity contribution < 1.29 is 9.53 Å². The average molecular weight is 298 g/mol. The van der Waals surface area contributed by atoms with Crippen LogP contribution < -0.4 is 0 Å². The standard InChI is InChI=1S/C20H26O2/c1-13-4-7-18-16-6-5-14-12-15(21)8-10-19(14,2)17(16)9-11-20(18,3)22-13/h8,10,12,16-18H,1,4-7,9,11H2,2-3H3/t16-,17+,18+,19+,20+/m1/s1. The molecule has 4 aliphatic rings. The molecule has 0 radical (unpaired) electrons. The average Bonchev–Trinajstić information content (AvgIpc) is 2.46. The molecule has 5 atom stereocenters. The van der Waals surface area contributed by atoms with Gasteiger partial charge in [-0.05, 0) is 63.0 Å². The van der Waals surface area contributed by atoms with E-state index in [-0.39, 0.29) is 16.8 Å². The minimum atomic E-state index is -0.0116. The van der Waals surface area contributed by atoms with E-state index in [2.05, 4.69) is 26.5 Å². The zero-order chi connectivity index (χ0) is 15.5. The first-order valence-corrected chi connectivity index (χ1v) is 8.73. The normalized spacial score (nSPS) is 47.0. The molecule has 118 valence electrons. The quantitative estimate of drug-likeness (QED) is 0.654. The van der Waals surface area contributed by atoms with E-state index in [0.29, 0.717) is 17.8 Å². The smallest absolute Gasteiger partial charge is 0.178 e. The Hall–Kier alpha value is -1.31. The highest BCUT2D eigenvalue weighted by Gasteiger charge is 2.56. The largest absolute Gasteiger partial charge is 0.492 e. The number of ketones is 1. The minimum absolute atomic E-state index is 0.0116. The summed E-state index contributed by atoms with van der Waals surface area (Å²) in [6, 6.07) is 0. The molecule has 0 spiro atoms. The van der Waals surface area contributed by atoms with Gasteiger partial charge in [0.05, 0.1) is 5.76 Å².